The molecule has 3 amide bonds. The van der Waals surface area contributed by atoms with Crippen LogP contribution in [0.1, 0.15) is 19.4 Å². The quantitative estimate of drug-likeness (QED) is 0.646. The minimum Gasteiger partial charge on any atom is -0.406 e. The highest BCUT2D eigenvalue weighted by Crippen LogP contribution is 2.24. The molecule has 6 nitrogen and oxygen atoms in total. The monoisotopic (exact) mass is 409 g/mol. The summed E-state index contributed by atoms with van der Waals surface area (Å²) in [6.45, 7) is 3.84. The Bertz CT molecular complexity index is 809. The van der Waals surface area contributed by atoms with Crippen molar-refractivity contribution in [1.29, 1.82) is 0 Å². The summed E-state index contributed by atoms with van der Waals surface area (Å²) in [6.07, 6.45) is -4.79. The third-order valence-electron chi connectivity index (χ3n) is 3.89. The number of amides is 3. The molecular weight excluding hydrogens is 387 g/mol. The number of hydrogen-bond acceptors (Lipinski definition) is 3. The van der Waals surface area contributed by atoms with Crippen LogP contribution < -0.4 is 20.7 Å². The molecule has 0 bridgehead atoms. The van der Waals surface area contributed by atoms with E-state index in [0.717, 1.165) is 17.7 Å². The van der Waals surface area contributed by atoms with Gasteiger partial charge in [0.15, 0.2) is 0 Å². The number of anilines is 1. The van der Waals surface area contributed by atoms with Crippen molar-refractivity contribution in [1.82, 2.24) is 10.6 Å². The number of benzene rings is 2. The first-order valence-electron chi connectivity index (χ1n) is 8.89. The lowest BCUT2D eigenvalue weighted by Gasteiger charge is -2.22. The van der Waals surface area contributed by atoms with Crippen LogP contribution in [0.3, 0.4) is 0 Å². The fourth-order valence-corrected chi connectivity index (χ4v) is 2.47. The first-order valence-corrected chi connectivity index (χ1v) is 8.89. The van der Waals surface area contributed by atoms with Crippen molar-refractivity contribution in [2.24, 2.45) is 5.92 Å². The highest BCUT2D eigenvalue weighted by atomic mass is 19.4. The van der Waals surface area contributed by atoms with E-state index in [1.165, 1.54) is 12.1 Å². The lowest BCUT2D eigenvalue weighted by molar-refractivity contribution is -0.274. The average Bonchev–Trinajstić information content (AvgIpc) is 2.65. The third kappa shape index (κ3) is 7.73. The topological polar surface area (TPSA) is 79.5 Å². The summed E-state index contributed by atoms with van der Waals surface area (Å²) < 4.78 is 40.4. The first-order chi connectivity index (χ1) is 13.6. The van der Waals surface area contributed by atoms with Gasteiger partial charge in [-0.05, 0) is 35.7 Å². The summed E-state index contributed by atoms with van der Waals surface area (Å²) in [4.78, 5) is 24.7. The molecule has 0 aliphatic carbocycles. The minimum absolute atomic E-state index is 0.217. The molecule has 2 rings (SSSR count). The maximum Gasteiger partial charge on any atom is 0.573 e. The van der Waals surface area contributed by atoms with E-state index in [4.69, 9.17) is 0 Å². The van der Waals surface area contributed by atoms with E-state index in [1.54, 1.807) is 13.8 Å². The predicted octanol–water partition coefficient (Wildman–Crippen LogP) is 4.05. The number of halogens is 3. The Kier molecular flexibility index (Phi) is 7.46. The van der Waals surface area contributed by atoms with Crippen LogP contribution in [0.15, 0.2) is 54.6 Å². The molecule has 1 atom stereocenters. The van der Waals surface area contributed by atoms with Gasteiger partial charge in [-0.2, -0.15) is 0 Å². The molecule has 0 saturated heterocycles. The van der Waals surface area contributed by atoms with Gasteiger partial charge in [0.05, 0.1) is 0 Å². The van der Waals surface area contributed by atoms with Crippen LogP contribution in [0.2, 0.25) is 0 Å². The largest absolute Gasteiger partial charge is 0.573 e. The van der Waals surface area contributed by atoms with Crippen molar-refractivity contribution in [3.63, 3.8) is 0 Å². The Hall–Kier alpha value is -3.23. The van der Waals surface area contributed by atoms with E-state index < -0.39 is 30.1 Å². The lowest BCUT2D eigenvalue weighted by atomic mass is 10.0. The predicted molar refractivity (Wildman–Crippen MR) is 102 cm³/mol. The fraction of sp³-hybridized carbons (Fsp3) is 0.300. The van der Waals surface area contributed by atoms with E-state index >= 15 is 0 Å². The second-order valence-corrected chi connectivity index (χ2v) is 6.60. The van der Waals surface area contributed by atoms with Crippen LogP contribution in [0.4, 0.5) is 23.7 Å². The molecule has 0 aromatic heterocycles. The van der Waals surface area contributed by atoms with Crippen LogP contribution in [0.25, 0.3) is 0 Å². The molecule has 0 spiro atoms. The van der Waals surface area contributed by atoms with Crippen molar-refractivity contribution in [3.05, 3.63) is 60.2 Å². The fourth-order valence-electron chi connectivity index (χ4n) is 2.47. The summed E-state index contributed by atoms with van der Waals surface area (Å²) in [5.41, 5.74) is 1.19. The maximum atomic E-state index is 12.5. The van der Waals surface area contributed by atoms with E-state index in [9.17, 15) is 22.8 Å². The van der Waals surface area contributed by atoms with Gasteiger partial charge >= 0.3 is 12.4 Å². The van der Waals surface area contributed by atoms with Crippen LogP contribution in [-0.4, -0.2) is 24.3 Å². The Morgan fingerprint density at radius 3 is 2.17 bits per heavy atom. The van der Waals surface area contributed by atoms with E-state index in [-0.39, 0.29) is 11.6 Å². The molecule has 2 aromatic carbocycles. The molecule has 0 fully saturated rings. The van der Waals surface area contributed by atoms with Gasteiger partial charge in [0.25, 0.3) is 0 Å². The van der Waals surface area contributed by atoms with E-state index in [0.29, 0.717) is 6.54 Å². The Labute approximate surface area is 166 Å². The van der Waals surface area contributed by atoms with E-state index in [2.05, 4.69) is 20.7 Å². The maximum absolute atomic E-state index is 12.5. The van der Waals surface area contributed by atoms with Crippen molar-refractivity contribution < 1.29 is 27.5 Å². The molecule has 0 radical (unpaired) electrons. The summed E-state index contributed by atoms with van der Waals surface area (Å²) in [5.74, 6) is -1.10. The molecule has 1 unspecified atom stereocenters. The van der Waals surface area contributed by atoms with Crippen molar-refractivity contribution in [3.8, 4) is 5.75 Å². The van der Waals surface area contributed by atoms with Crippen molar-refractivity contribution in [2.45, 2.75) is 32.8 Å². The number of carbonyl (C=O) groups excluding carboxylic acids is 2. The Balaban J connectivity index is 1.92. The highest BCUT2D eigenvalue weighted by Gasteiger charge is 2.31. The lowest BCUT2D eigenvalue weighted by Crippen LogP contribution is -2.50. The molecule has 0 aliphatic heterocycles. The number of carbonyl (C=O) groups is 2. The normalized spacial score (nSPS) is 12.2. The van der Waals surface area contributed by atoms with Crippen LogP contribution in [0, 0.1) is 5.92 Å². The summed E-state index contributed by atoms with van der Waals surface area (Å²) in [5, 5.41) is 7.87. The van der Waals surface area contributed by atoms with Crippen LogP contribution >= 0.6 is 0 Å². The van der Waals surface area contributed by atoms with Crippen molar-refractivity contribution in [2.75, 3.05) is 5.32 Å². The second-order valence-electron chi connectivity index (χ2n) is 6.60. The molecule has 0 aliphatic rings. The zero-order valence-corrected chi connectivity index (χ0v) is 15.9. The zero-order valence-electron chi connectivity index (χ0n) is 15.9. The second kappa shape index (κ2) is 9.81. The molecular formula is C20H22F3N3O3. The van der Waals surface area contributed by atoms with Gasteiger partial charge in [-0.25, -0.2) is 4.79 Å². The van der Waals surface area contributed by atoms with Gasteiger partial charge in [-0.3, -0.25) is 4.79 Å². The van der Waals surface area contributed by atoms with E-state index in [1.807, 2.05) is 30.3 Å². The third-order valence-corrected chi connectivity index (χ3v) is 3.89. The number of urea groups is 1. The van der Waals surface area contributed by atoms with Gasteiger partial charge in [-0.1, -0.05) is 44.2 Å². The summed E-state index contributed by atoms with van der Waals surface area (Å²) in [7, 11) is 0. The molecule has 9 heteroatoms. The van der Waals surface area contributed by atoms with Crippen LogP contribution in [0.5, 0.6) is 5.75 Å². The summed E-state index contributed by atoms with van der Waals surface area (Å²) in [6, 6.07) is 12.7. The van der Waals surface area contributed by atoms with Gasteiger partial charge in [0, 0.05) is 12.2 Å². The Morgan fingerprint density at radius 2 is 1.62 bits per heavy atom. The van der Waals surface area contributed by atoms with Crippen molar-refractivity contribution >= 4 is 17.6 Å². The smallest absolute Gasteiger partial charge is 0.406 e. The first kappa shape index (κ1) is 22.1. The number of ether oxygens (including phenoxy) is 1. The highest BCUT2D eigenvalue weighted by molar-refractivity contribution is 5.97. The zero-order chi connectivity index (χ0) is 21.4. The van der Waals surface area contributed by atoms with Gasteiger partial charge in [-0.15, -0.1) is 13.2 Å². The molecule has 0 heterocycles. The average molecular weight is 409 g/mol. The molecule has 156 valence electrons. The minimum atomic E-state index is -4.79. The van der Waals surface area contributed by atoms with Gasteiger partial charge in [0.1, 0.15) is 11.8 Å². The standard InChI is InChI=1S/C20H22F3N3O3/c1-13(2)17(26-19(28)24-12-14-6-4-3-5-7-14)18(27)25-15-8-10-16(11-9-15)29-20(21,22)23/h3-11,13,17H,12H2,1-2H3,(H,25,27)(H2,24,26,28). The summed E-state index contributed by atoms with van der Waals surface area (Å²) >= 11 is 0. The number of hydrogen-bond donors (Lipinski definition) is 3. The Morgan fingerprint density at radius 1 is 1.00 bits per heavy atom. The number of nitrogens with one attached hydrogen (secondary N) is 3. The molecule has 2 aromatic rings. The van der Waals surface area contributed by atoms with Gasteiger partial charge in [0.2, 0.25) is 5.91 Å². The number of rotatable bonds is 7. The number of alkyl halides is 3. The van der Waals surface area contributed by atoms with Crippen LogP contribution in [-0.2, 0) is 11.3 Å². The van der Waals surface area contributed by atoms with Gasteiger partial charge < -0.3 is 20.7 Å². The molecule has 29 heavy (non-hydrogen) atoms. The SMILES string of the molecule is CC(C)C(NC(=O)NCc1ccccc1)C(=O)Nc1ccc(OC(F)(F)F)cc1. The molecule has 0 saturated carbocycles. The molecule has 3 N–H and O–H groups in total.